The van der Waals surface area contributed by atoms with Crippen molar-refractivity contribution in [3.63, 3.8) is 0 Å². The molecule has 0 saturated carbocycles. The van der Waals surface area contributed by atoms with Crippen molar-refractivity contribution >= 4 is 75.3 Å². The Kier molecular flexibility index (Phi) is 4.24. The lowest BCUT2D eigenvalue weighted by atomic mass is 10.0. The summed E-state index contributed by atoms with van der Waals surface area (Å²) in [6.45, 7) is 0. The van der Waals surface area contributed by atoms with Gasteiger partial charge in [-0.05, 0) is 35.9 Å². The van der Waals surface area contributed by atoms with E-state index in [2.05, 4.69) is 132 Å². The summed E-state index contributed by atoms with van der Waals surface area (Å²) < 4.78 is 11.9. The number of para-hydroxylation sites is 2. The van der Waals surface area contributed by atoms with Gasteiger partial charge >= 0.3 is 0 Å². The standard InChI is InChI=1S/C36H21NOS/c1-2-10-22(11-3-1)23-14-8-15-25-26-20-21-30-33(35(26)38-34(23)25)28-13-4-6-17-29(28)37(30)31-18-9-16-27-24-12-5-7-19-32(24)39-36(27)31/h1-21H. The first kappa shape index (κ1) is 21.1. The highest BCUT2D eigenvalue weighted by Gasteiger charge is 2.21. The molecule has 6 aromatic carbocycles. The van der Waals surface area contributed by atoms with Crippen molar-refractivity contribution in [3.8, 4) is 16.8 Å². The maximum absolute atomic E-state index is 6.83. The van der Waals surface area contributed by atoms with Gasteiger partial charge in [-0.3, -0.25) is 0 Å². The molecule has 0 aliphatic rings. The molecular formula is C36H21NOS. The molecule has 3 heterocycles. The number of thiophene rings is 1. The van der Waals surface area contributed by atoms with Gasteiger partial charge in [-0.15, -0.1) is 11.3 Å². The molecule has 9 aromatic rings. The number of fused-ring (bicyclic) bond motifs is 10. The molecule has 182 valence electrons. The Labute approximate surface area is 227 Å². The molecule has 0 N–H and O–H groups in total. The van der Waals surface area contributed by atoms with Gasteiger partial charge in [0.25, 0.3) is 0 Å². The van der Waals surface area contributed by atoms with Crippen LogP contribution in [-0.2, 0) is 0 Å². The van der Waals surface area contributed by atoms with Crippen LogP contribution in [0.2, 0.25) is 0 Å². The molecule has 0 spiro atoms. The molecule has 3 heteroatoms. The lowest BCUT2D eigenvalue weighted by Gasteiger charge is -2.09. The largest absolute Gasteiger partial charge is 0.455 e. The summed E-state index contributed by atoms with van der Waals surface area (Å²) in [4.78, 5) is 0. The number of benzene rings is 6. The van der Waals surface area contributed by atoms with Gasteiger partial charge in [0, 0.05) is 37.2 Å². The van der Waals surface area contributed by atoms with Crippen LogP contribution in [0, 0.1) is 0 Å². The van der Waals surface area contributed by atoms with Crippen LogP contribution in [-0.4, -0.2) is 4.57 Å². The molecule has 0 amide bonds. The molecule has 0 saturated heterocycles. The fourth-order valence-corrected chi connectivity index (χ4v) is 7.53. The molecule has 0 bridgehead atoms. The van der Waals surface area contributed by atoms with E-state index in [1.165, 1.54) is 36.8 Å². The number of rotatable bonds is 2. The smallest absolute Gasteiger partial charge is 0.145 e. The van der Waals surface area contributed by atoms with Crippen LogP contribution in [0.4, 0.5) is 0 Å². The van der Waals surface area contributed by atoms with Gasteiger partial charge in [0.2, 0.25) is 0 Å². The Balaban J connectivity index is 1.43. The zero-order chi connectivity index (χ0) is 25.5. The van der Waals surface area contributed by atoms with Gasteiger partial charge in [-0.2, -0.15) is 0 Å². The summed E-state index contributed by atoms with van der Waals surface area (Å²) in [6, 6.07) is 45.6. The third kappa shape index (κ3) is 2.85. The molecule has 0 aliphatic heterocycles. The molecule has 9 rings (SSSR count). The van der Waals surface area contributed by atoms with Crippen molar-refractivity contribution in [1.29, 1.82) is 0 Å². The van der Waals surface area contributed by atoms with Gasteiger partial charge in [-0.1, -0.05) is 97.1 Å². The predicted molar refractivity (Wildman–Crippen MR) is 166 cm³/mol. The third-order valence-corrected chi connectivity index (χ3v) is 9.22. The monoisotopic (exact) mass is 515 g/mol. The molecule has 0 fully saturated rings. The zero-order valence-electron chi connectivity index (χ0n) is 20.9. The van der Waals surface area contributed by atoms with Crippen molar-refractivity contribution < 1.29 is 4.42 Å². The predicted octanol–water partition coefficient (Wildman–Crippen LogP) is 10.7. The molecule has 39 heavy (non-hydrogen) atoms. The van der Waals surface area contributed by atoms with E-state index in [1.807, 2.05) is 11.3 Å². The highest BCUT2D eigenvalue weighted by atomic mass is 32.1. The Hall–Kier alpha value is -4.86. The van der Waals surface area contributed by atoms with E-state index in [-0.39, 0.29) is 0 Å². The maximum Gasteiger partial charge on any atom is 0.145 e. The van der Waals surface area contributed by atoms with E-state index >= 15 is 0 Å². The van der Waals surface area contributed by atoms with Crippen molar-refractivity contribution in [1.82, 2.24) is 4.57 Å². The van der Waals surface area contributed by atoms with Crippen LogP contribution in [0.1, 0.15) is 0 Å². The van der Waals surface area contributed by atoms with Crippen LogP contribution in [0.25, 0.3) is 80.7 Å². The summed E-state index contributed by atoms with van der Waals surface area (Å²) in [5.74, 6) is 0. The van der Waals surface area contributed by atoms with Gasteiger partial charge in [0.1, 0.15) is 11.2 Å². The van der Waals surface area contributed by atoms with Crippen LogP contribution < -0.4 is 0 Å². The van der Waals surface area contributed by atoms with Crippen LogP contribution >= 0.6 is 11.3 Å². The van der Waals surface area contributed by atoms with Crippen molar-refractivity contribution in [2.24, 2.45) is 0 Å². The Bertz CT molecular complexity index is 2390. The lowest BCUT2D eigenvalue weighted by Crippen LogP contribution is -1.93. The number of furan rings is 1. The second kappa shape index (κ2) is 7.83. The van der Waals surface area contributed by atoms with E-state index in [4.69, 9.17) is 4.42 Å². The van der Waals surface area contributed by atoms with E-state index in [0.717, 1.165) is 44.0 Å². The number of hydrogen-bond acceptors (Lipinski definition) is 2. The quantitative estimate of drug-likeness (QED) is 0.224. The van der Waals surface area contributed by atoms with E-state index < -0.39 is 0 Å². The van der Waals surface area contributed by atoms with Crippen LogP contribution in [0.3, 0.4) is 0 Å². The second-order valence-corrected chi connectivity index (χ2v) is 11.1. The molecular weight excluding hydrogens is 494 g/mol. The average Bonchev–Trinajstić information content (AvgIpc) is 3.67. The van der Waals surface area contributed by atoms with Crippen LogP contribution in [0.5, 0.6) is 0 Å². The maximum atomic E-state index is 6.83. The topological polar surface area (TPSA) is 18.1 Å². The first-order valence-electron chi connectivity index (χ1n) is 13.2. The van der Waals surface area contributed by atoms with E-state index in [9.17, 15) is 0 Å². The number of hydrogen-bond donors (Lipinski definition) is 0. The summed E-state index contributed by atoms with van der Waals surface area (Å²) in [5, 5.41) is 7.28. The van der Waals surface area contributed by atoms with Gasteiger partial charge in [-0.25, -0.2) is 0 Å². The minimum atomic E-state index is 0.939. The normalized spacial score (nSPS) is 12.1. The Morgan fingerprint density at radius 3 is 2.13 bits per heavy atom. The zero-order valence-corrected chi connectivity index (χ0v) is 21.7. The summed E-state index contributed by atoms with van der Waals surface area (Å²) in [7, 11) is 0. The number of aromatic nitrogens is 1. The minimum absolute atomic E-state index is 0.939. The first-order valence-corrected chi connectivity index (χ1v) is 14.0. The Morgan fingerprint density at radius 2 is 1.21 bits per heavy atom. The Morgan fingerprint density at radius 1 is 0.487 bits per heavy atom. The highest BCUT2D eigenvalue weighted by Crippen LogP contribution is 2.44. The van der Waals surface area contributed by atoms with Crippen molar-refractivity contribution in [2.45, 2.75) is 0 Å². The van der Waals surface area contributed by atoms with Gasteiger partial charge < -0.3 is 8.98 Å². The van der Waals surface area contributed by atoms with Gasteiger partial charge in [0.15, 0.2) is 0 Å². The summed E-state index contributed by atoms with van der Waals surface area (Å²) in [6.07, 6.45) is 0. The minimum Gasteiger partial charge on any atom is -0.455 e. The molecule has 3 aromatic heterocycles. The fourth-order valence-electron chi connectivity index (χ4n) is 6.32. The molecule has 0 radical (unpaired) electrons. The average molecular weight is 516 g/mol. The van der Waals surface area contributed by atoms with Crippen molar-refractivity contribution in [3.05, 3.63) is 127 Å². The number of nitrogens with zero attached hydrogens (tertiary/aromatic N) is 1. The third-order valence-electron chi connectivity index (χ3n) is 8.01. The molecule has 0 unspecified atom stereocenters. The second-order valence-electron chi connectivity index (χ2n) is 10.1. The van der Waals surface area contributed by atoms with Gasteiger partial charge in [0.05, 0.1) is 26.8 Å². The summed E-state index contributed by atoms with van der Waals surface area (Å²) in [5.41, 5.74) is 7.73. The summed E-state index contributed by atoms with van der Waals surface area (Å²) >= 11 is 1.87. The lowest BCUT2D eigenvalue weighted by molar-refractivity contribution is 0.674. The SMILES string of the molecule is c1ccc(-c2cccc3c2oc2c3ccc3c2c2ccccc2n3-c2cccc3c2sc2ccccc23)cc1. The van der Waals surface area contributed by atoms with Crippen molar-refractivity contribution in [2.75, 3.05) is 0 Å². The molecule has 2 nitrogen and oxygen atoms in total. The van der Waals surface area contributed by atoms with E-state index in [1.54, 1.807) is 0 Å². The fraction of sp³-hybridized carbons (Fsp3) is 0. The first-order chi connectivity index (χ1) is 19.4. The molecule has 0 aliphatic carbocycles. The molecule has 0 atom stereocenters. The highest BCUT2D eigenvalue weighted by molar-refractivity contribution is 7.26. The van der Waals surface area contributed by atoms with E-state index in [0.29, 0.717) is 0 Å². The van der Waals surface area contributed by atoms with Crippen LogP contribution in [0.15, 0.2) is 132 Å².